The van der Waals surface area contributed by atoms with E-state index in [0.29, 0.717) is 31.1 Å². The number of carboxylic acids is 1. The van der Waals surface area contributed by atoms with Crippen LogP contribution in [-0.4, -0.2) is 35.7 Å². The molecule has 1 aliphatic heterocycles. The third kappa shape index (κ3) is 5.02. The molecule has 0 amide bonds. The highest BCUT2D eigenvalue weighted by Gasteiger charge is 2.29. The molecule has 1 atom stereocenters. The Bertz CT molecular complexity index is 781. The molecule has 1 heterocycles. The molecule has 2 aromatic rings. The number of aliphatic carboxylic acids is 1. The Labute approximate surface area is 168 Å². The van der Waals surface area contributed by atoms with Crippen LogP contribution in [0.15, 0.2) is 46.9 Å². The Kier molecular flexibility index (Phi) is 6.74. The minimum atomic E-state index is -0.749. The first kappa shape index (κ1) is 19.7. The maximum atomic E-state index is 11.5. The van der Waals surface area contributed by atoms with Gasteiger partial charge in [0.05, 0.1) is 7.11 Å². The minimum absolute atomic E-state index is 0.425. The highest BCUT2D eigenvalue weighted by molar-refractivity contribution is 9.10. The van der Waals surface area contributed by atoms with Crippen LogP contribution in [0.25, 0.3) is 0 Å². The van der Waals surface area contributed by atoms with E-state index in [-0.39, 0.29) is 0 Å². The summed E-state index contributed by atoms with van der Waals surface area (Å²) < 4.78 is 12.3. The molecule has 5 nitrogen and oxygen atoms in total. The van der Waals surface area contributed by atoms with Gasteiger partial charge in [0.2, 0.25) is 0 Å². The molecule has 144 valence electrons. The van der Waals surface area contributed by atoms with Crippen molar-refractivity contribution < 1.29 is 19.4 Å². The molecule has 0 radical (unpaired) electrons. The Balaban J connectivity index is 1.76. The molecular weight excluding hydrogens is 410 g/mol. The van der Waals surface area contributed by atoms with Gasteiger partial charge in [0.15, 0.2) is 11.5 Å². The number of carboxylic acid groups (broad SMARTS) is 1. The van der Waals surface area contributed by atoms with Crippen molar-refractivity contribution in [3.05, 3.63) is 58.1 Å². The molecular formula is C21H24BrNO4. The SMILES string of the molecule is COc1cc(CN2CCCCC2C(=O)O)c(Br)cc1OCc1ccccc1. The van der Waals surface area contributed by atoms with E-state index in [1.54, 1.807) is 7.11 Å². The smallest absolute Gasteiger partial charge is 0.320 e. The van der Waals surface area contributed by atoms with Crippen molar-refractivity contribution >= 4 is 21.9 Å². The Morgan fingerprint density at radius 1 is 1.22 bits per heavy atom. The van der Waals surface area contributed by atoms with Crippen LogP contribution in [0.3, 0.4) is 0 Å². The van der Waals surface area contributed by atoms with E-state index < -0.39 is 12.0 Å². The van der Waals surface area contributed by atoms with Gasteiger partial charge in [-0.05, 0) is 42.6 Å². The lowest BCUT2D eigenvalue weighted by Crippen LogP contribution is -2.44. The normalized spacial score (nSPS) is 17.5. The molecule has 0 spiro atoms. The van der Waals surface area contributed by atoms with Crippen LogP contribution in [-0.2, 0) is 17.9 Å². The largest absolute Gasteiger partial charge is 0.493 e. The number of ether oxygens (including phenoxy) is 2. The summed E-state index contributed by atoms with van der Waals surface area (Å²) in [6, 6.07) is 13.4. The summed E-state index contributed by atoms with van der Waals surface area (Å²) in [5.41, 5.74) is 2.07. The molecule has 0 bridgehead atoms. The van der Waals surface area contributed by atoms with E-state index in [1.807, 2.05) is 47.4 Å². The highest BCUT2D eigenvalue weighted by atomic mass is 79.9. The zero-order valence-corrected chi connectivity index (χ0v) is 16.9. The van der Waals surface area contributed by atoms with Crippen molar-refractivity contribution in [2.75, 3.05) is 13.7 Å². The summed E-state index contributed by atoms with van der Waals surface area (Å²) in [6.07, 6.45) is 2.68. The second kappa shape index (κ2) is 9.24. The summed E-state index contributed by atoms with van der Waals surface area (Å²) in [7, 11) is 1.61. The fraction of sp³-hybridized carbons (Fsp3) is 0.381. The molecule has 0 saturated carbocycles. The number of halogens is 1. The van der Waals surface area contributed by atoms with Crippen LogP contribution >= 0.6 is 15.9 Å². The van der Waals surface area contributed by atoms with Gasteiger partial charge in [-0.15, -0.1) is 0 Å². The number of nitrogens with zero attached hydrogens (tertiary/aromatic N) is 1. The molecule has 0 aromatic heterocycles. The van der Waals surface area contributed by atoms with Crippen LogP contribution in [0.5, 0.6) is 11.5 Å². The topological polar surface area (TPSA) is 59.0 Å². The van der Waals surface area contributed by atoms with Gasteiger partial charge in [-0.1, -0.05) is 52.7 Å². The van der Waals surface area contributed by atoms with E-state index in [0.717, 1.165) is 35.0 Å². The third-order valence-corrected chi connectivity index (χ3v) is 5.58. The molecule has 2 aromatic carbocycles. The molecule has 3 rings (SSSR count). The first-order chi connectivity index (χ1) is 13.1. The van der Waals surface area contributed by atoms with Gasteiger partial charge in [-0.2, -0.15) is 0 Å². The number of methoxy groups -OCH3 is 1. The highest BCUT2D eigenvalue weighted by Crippen LogP contribution is 2.35. The lowest BCUT2D eigenvalue weighted by atomic mass is 10.0. The van der Waals surface area contributed by atoms with Gasteiger partial charge in [0, 0.05) is 11.0 Å². The van der Waals surface area contributed by atoms with Crippen LogP contribution in [0.4, 0.5) is 0 Å². The van der Waals surface area contributed by atoms with Crippen LogP contribution in [0.2, 0.25) is 0 Å². The fourth-order valence-corrected chi connectivity index (χ4v) is 3.83. The Morgan fingerprint density at radius 2 is 2.00 bits per heavy atom. The van der Waals surface area contributed by atoms with Gasteiger partial charge in [-0.3, -0.25) is 9.69 Å². The number of hydrogen-bond acceptors (Lipinski definition) is 4. The van der Waals surface area contributed by atoms with Gasteiger partial charge in [-0.25, -0.2) is 0 Å². The molecule has 1 aliphatic rings. The zero-order valence-electron chi connectivity index (χ0n) is 15.4. The summed E-state index contributed by atoms with van der Waals surface area (Å²) >= 11 is 3.61. The number of carbonyl (C=O) groups is 1. The second-order valence-electron chi connectivity index (χ2n) is 6.69. The van der Waals surface area contributed by atoms with Crippen LogP contribution in [0.1, 0.15) is 30.4 Å². The van der Waals surface area contributed by atoms with Crippen molar-refractivity contribution in [2.24, 2.45) is 0 Å². The molecule has 1 fully saturated rings. The standard InChI is InChI=1S/C21H24BrNO4/c1-26-19-11-16(13-23-10-6-5-9-18(23)21(24)25)17(22)12-20(19)27-14-15-7-3-2-4-8-15/h2-4,7-8,11-12,18H,5-6,9-10,13-14H2,1H3,(H,24,25). The Hall–Kier alpha value is -2.05. The van der Waals surface area contributed by atoms with Crippen molar-refractivity contribution in [1.82, 2.24) is 4.90 Å². The van der Waals surface area contributed by atoms with E-state index in [1.165, 1.54) is 0 Å². The van der Waals surface area contributed by atoms with Gasteiger partial charge >= 0.3 is 5.97 Å². The summed E-state index contributed by atoms with van der Waals surface area (Å²) in [6.45, 7) is 1.81. The van der Waals surface area contributed by atoms with Crippen molar-refractivity contribution in [2.45, 2.75) is 38.5 Å². The monoisotopic (exact) mass is 433 g/mol. The zero-order chi connectivity index (χ0) is 19.2. The maximum absolute atomic E-state index is 11.5. The number of hydrogen-bond donors (Lipinski definition) is 1. The van der Waals surface area contributed by atoms with Gasteiger partial charge in [0.1, 0.15) is 12.6 Å². The van der Waals surface area contributed by atoms with E-state index >= 15 is 0 Å². The van der Waals surface area contributed by atoms with Crippen molar-refractivity contribution in [3.8, 4) is 11.5 Å². The molecule has 0 aliphatic carbocycles. The average molecular weight is 434 g/mol. The average Bonchev–Trinajstić information content (AvgIpc) is 2.69. The predicted molar refractivity (Wildman–Crippen MR) is 107 cm³/mol. The molecule has 27 heavy (non-hydrogen) atoms. The lowest BCUT2D eigenvalue weighted by molar-refractivity contribution is -0.144. The van der Waals surface area contributed by atoms with Gasteiger partial charge < -0.3 is 14.6 Å². The van der Waals surface area contributed by atoms with Crippen LogP contribution in [0, 0.1) is 0 Å². The van der Waals surface area contributed by atoms with Crippen molar-refractivity contribution in [1.29, 1.82) is 0 Å². The molecule has 1 unspecified atom stereocenters. The summed E-state index contributed by atoms with van der Waals surface area (Å²) in [4.78, 5) is 13.6. The minimum Gasteiger partial charge on any atom is -0.493 e. The van der Waals surface area contributed by atoms with Crippen LogP contribution < -0.4 is 9.47 Å². The molecule has 1 saturated heterocycles. The third-order valence-electron chi connectivity index (χ3n) is 4.84. The number of likely N-dealkylation sites (tertiary alicyclic amines) is 1. The van der Waals surface area contributed by atoms with Crippen molar-refractivity contribution in [3.63, 3.8) is 0 Å². The predicted octanol–water partition coefficient (Wildman–Crippen LogP) is 4.48. The fourth-order valence-electron chi connectivity index (χ4n) is 3.38. The van der Waals surface area contributed by atoms with Gasteiger partial charge in [0.25, 0.3) is 0 Å². The summed E-state index contributed by atoms with van der Waals surface area (Å²) in [5, 5.41) is 9.48. The summed E-state index contributed by atoms with van der Waals surface area (Å²) in [5.74, 6) is 0.555. The molecule has 6 heteroatoms. The Morgan fingerprint density at radius 3 is 2.70 bits per heavy atom. The van der Waals surface area contributed by atoms with E-state index in [9.17, 15) is 9.90 Å². The van der Waals surface area contributed by atoms with E-state index in [2.05, 4.69) is 15.9 Å². The maximum Gasteiger partial charge on any atom is 0.320 e. The lowest BCUT2D eigenvalue weighted by Gasteiger charge is -2.33. The number of piperidine rings is 1. The number of rotatable bonds is 7. The molecule has 1 N–H and O–H groups in total. The first-order valence-electron chi connectivity index (χ1n) is 9.08. The first-order valence-corrected chi connectivity index (χ1v) is 9.87. The quantitative estimate of drug-likeness (QED) is 0.697. The second-order valence-corrected chi connectivity index (χ2v) is 7.54. The number of benzene rings is 2. The van der Waals surface area contributed by atoms with E-state index in [4.69, 9.17) is 9.47 Å².